The first-order valence-corrected chi connectivity index (χ1v) is 9.95. The fraction of sp³-hybridized carbons (Fsp3) is 0.333. The zero-order chi connectivity index (χ0) is 19.2. The molecule has 2 rings (SSSR count). The van der Waals surface area contributed by atoms with E-state index in [2.05, 4.69) is 17.2 Å². The zero-order valence-electron chi connectivity index (χ0n) is 15.0. The number of rotatable bonds is 7. The van der Waals surface area contributed by atoms with Crippen LogP contribution in [-0.4, -0.2) is 30.9 Å². The smallest absolute Gasteiger partial charge is 0.319 e. The van der Waals surface area contributed by atoms with E-state index in [9.17, 15) is 13.2 Å². The Balaban J connectivity index is 2.20. The lowest BCUT2D eigenvalue weighted by atomic mass is 10.2. The number of nitrogens with zero attached hydrogens (tertiary/aromatic N) is 2. The molecule has 8 heteroatoms. The summed E-state index contributed by atoms with van der Waals surface area (Å²) in [6, 6.07) is 9.66. The number of urea groups is 1. The summed E-state index contributed by atoms with van der Waals surface area (Å²) in [5.74, 6) is 0. The Morgan fingerprint density at radius 2 is 2.04 bits per heavy atom. The molecule has 140 valence electrons. The Hall–Kier alpha value is -2.45. The summed E-state index contributed by atoms with van der Waals surface area (Å²) in [6.07, 6.45) is 3.49. The van der Waals surface area contributed by atoms with E-state index in [4.69, 9.17) is 5.14 Å². The molecule has 0 unspecified atom stereocenters. The van der Waals surface area contributed by atoms with E-state index in [0.29, 0.717) is 18.8 Å². The van der Waals surface area contributed by atoms with Gasteiger partial charge in [-0.15, -0.1) is 0 Å². The van der Waals surface area contributed by atoms with Crippen LogP contribution < -0.4 is 10.5 Å². The average molecular weight is 376 g/mol. The van der Waals surface area contributed by atoms with E-state index in [1.807, 2.05) is 18.2 Å². The molecule has 0 saturated carbocycles. The maximum atomic E-state index is 12.7. The first kappa shape index (κ1) is 19.9. The number of amides is 2. The minimum absolute atomic E-state index is 0.0387. The molecule has 0 atom stereocenters. The number of carbonyl (C=O) groups excluding carboxylic acids is 1. The molecule has 0 spiro atoms. The number of nitrogens with two attached hydrogens (primary N) is 1. The molecule has 26 heavy (non-hydrogen) atoms. The highest BCUT2D eigenvalue weighted by atomic mass is 32.2. The van der Waals surface area contributed by atoms with Crippen LogP contribution in [0.3, 0.4) is 0 Å². The van der Waals surface area contributed by atoms with Crippen LogP contribution in [0.15, 0.2) is 47.5 Å². The van der Waals surface area contributed by atoms with E-state index in [1.54, 1.807) is 24.1 Å². The van der Waals surface area contributed by atoms with Gasteiger partial charge in [0.25, 0.3) is 0 Å². The van der Waals surface area contributed by atoms with Gasteiger partial charge in [0.1, 0.15) is 0 Å². The van der Waals surface area contributed by atoms with Gasteiger partial charge in [-0.2, -0.15) is 0 Å². The Bertz CT molecular complexity index is 854. The monoisotopic (exact) mass is 376 g/mol. The van der Waals surface area contributed by atoms with Crippen LogP contribution in [0.1, 0.15) is 31.0 Å². The number of nitrogens with one attached hydrogen (secondary N) is 1. The third kappa shape index (κ3) is 5.53. The Morgan fingerprint density at radius 3 is 2.65 bits per heavy atom. The minimum Gasteiger partial charge on any atom is -0.319 e. The van der Waals surface area contributed by atoms with Crippen molar-refractivity contribution in [3.8, 4) is 0 Å². The van der Waals surface area contributed by atoms with Gasteiger partial charge in [-0.3, -0.25) is 4.98 Å². The molecule has 2 aromatic rings. The summed E-state index contributed by atoms with van der Waals surface area (Å²) in [5, 5.41) is 7.97. The number of hydrogen-bond acceptors (Lipinski definition) is 4. The number of aromatic nitrogens is 1. The van der Waals surface area contributed by atoms with Gasteiger partial charge in [-0.05, 0) is 43.2 Å². The van der Waals surface area contributed by atoms with Crippen LogP contribution in [0.5, 0.6) is 0 Å². The number of carbonyl (C=O) groups is 1. The SMILES string of the molecule is CCCCN(Cc1ccccn1)C(=O)Nc1cc(S(N)(=O)=O)ccc1C. The van der Waals surface area contributed by atoms with Gasteiger partial charge in [0, 0.05) is 18.4 Å². The van der Waals surface area contributed by atoms with Gasteiger partial charge in [0.2, 0.25) is 10.0 Å². The summed E-state index contributed by atoms with van der Waals surface area (Å²) in [6.45, 7) is 4.79. The van der Waals surface area contributed by atoms with Crippen molar-refractivity contribution in [2.45, 2.75) is 38.1 Å². The van der Waals surface area contributed by atoms with Crippen molar-refractivity contribution in [2.24, 2.45) is 5.14 Å². The molecule has 1 heterocycles. The van der Waals surface area contributed by atoms with Crippen molar-refractivity contribution in [3.05, 3.63) is 53.9 Å². The first-order valence-electron chi connectivity index (χ1n) is 8.40. The van der Waals surface area contributed by atoms with E-state index in [0.717, 1.165) is 24.1 Å². The third-order valence-electron chi connectivity index (χ3n) is 3.93. The van der Waals surface area contributed by atoms with Crippen LogP contribution in [0, 0.1) is 6.92 Å². The first-order chi connectivity index (χ1) is 12.3. The number of sulfonamides is 1. The molecule has 0 radical (unpaired) electrons. The molecule has 3 N–H and O–H groups in total. The second-order valence-corrected chi connectivity index (χ2v) is 7.61. The van der Waals surface area contributed by atoms with Crippen LogP contribution in [0.2, 0.25) is 0 Å². The van der Waals surface area contributed by atoms with Crippen molar-refractivity contribution in [1.82, 2.24) is 9.88 Å². The van der Waals surface area contributed by atoms with E-state index < -0.39 is 10.0 Å². The van der Waals surface area contributed by atoms with Gasteiger partial charge >= 0.3 is 6.03 Å². The summed E-state index contributed by atoms with van der Waals surface area (Å²) < 4.78 is 23.1. The topological polar surface area (TPSA) is 105 Å². The average Bonchev–Trinajstić information content (AvgIpc) is 2.60. The Morgan fingerprint density at radius 1 is 1.27 bits per heavy atom. The number of aryl methyl sites for hydroxylation is 1. The van der Waals surface area contributed by atoms with Gasteiger partial charge < -0.3 is 10.2 Å². The molecule has 0 aliphatic rings. The Labute approximate surface area is 154 Å². The molecule has 0 bridgehead atoms. The van der Waals surface area contributed by atoms with E-state index in [-0.39, 0.29) is 10.9 Å². The molecular weight excluding hydrogens is 352 g/mol. The van der Waals surface area contributed by atoms with Crippen LogP contribution in [0.4, 0.5) is 10.5 Å². The predicted octanol–water partition coefficient (Wildman–Crippen LogP) is 2.87. The molecule has 0 fully saturated rings. The minimum atomic E-state index is -3.84. The molecule has 7 nitrogen and oxygen atoms in total. The van der Waals surface area contributed by atoms with Crippen LogP contribution in [-0.2, 0) is 16.6 Å². The molecule has 1 aromatic heterocycles. The fourth-order valence-corrected chi connectivity index (χ4v) is 2.94. The van der Waals surface area contributed by atoms with Gasteiger partial charge in [-0.25, -0.2) is 18.4 Å². The lowest BCUT2D eigenvalue weighted by Gasteiger charge is -2.23. The van der Waals surface area contributed by atoms with Crippen LogP contribution >= 0.6 is 0 Å². The van der Waals surface area contributed by atoms with Crippen LogP contribution in [0.25, 0.3) is 0 Å². The lowest BCUT2D eigenvalue weighted by Crippen LogP contribution is -2.35. The second kappa shape index (κ2) is 8.77. The van der Waals surface area contributed by atoms with Crippen molar-refractivity contribution < 1.29 is 13.2 Å². The summed E-state index contributed by atoms with van der Waals surface area (Å²) in [4.78, 5) is 18.6. The zero-order valence-corrected chi connectivity index (χ0v) is 15.8. The van der Waals surface area contributed by atoms with Gasteiger partial charge in [0.15, 0.2) is 0 Å². The van der Waals surface area contributed by atoms with Gasteiger partial charge in [0.05, 0.1) is 17.1 Å². The standard InChI is InChI=1S/C18H24N4O3S/c1-3-4-11-22(13-15-7-5-6-10-20-15)18(23)21-17-12-16(26(19,24)25)9-8-14(17)2/h5-10,12H,3-4,11,13H2,1-2H3,(H,21,23)(H2,19,24,25). The van der Waals surface area contributed by atoms with Crippen molar-refractivity contribution >= 4 is 21.7 Å². The summed E-state index contributed by atoms with van der Waals surface area (Å²) in [7, 11) is -3.84. The number of anilines is 1. The number of unbranched alkanes of at least 4 members (excludes halogenated alkanes) is 1. The maximum Gasteiger partial charge on any atom is 0.322 e. The molecule has 2 amide bonds. The van der Waals surface area contributed by atoms with Gasteiger partial charge in [-0.1, -0.05) is 25.5 Å². The lowest BCUT2D eigenvalue weighted by molar-refractivity contribution is 0.207. The maximum absolute atomic E-state index is 12.7. The molecular formula is C18H24N4O3S. The number of primary sulfonamides is 1. The van der Waals surface area contributed by atoms with Crippen molar-refractivity contribution in [1.29, 1.82) is 0 Å². The highest BCUT2D eigenvalue weighted by Gasteiger charge is 2.17. The fourth-order valence-electron chi connectivity index (χ4n) is 2.40. The van der Waals surface area contributed by atoms with E-state index in [1.165, 1.54) is 12.1 Å². The number of pyridine rings is 1. The predicted molar refractivity (Wildman–Crippen MR) is 101 cm³/mol. The molecule has 0 aliphatic heterocycles. The number of benzene rings is 1. The largest absolute Gasteiger partial charge is 0.322 e. The number of hydrogen-bond donors (Lipinski definition) is 2. The Kier molecular flexibility index (Phi) is 6.70. The normalized spacial score (nSPS) is 11.2. The molecule has 0 aliphatic carbocycles. The highest BCUT2D eigenvalue weighted by Crippen LogP contribution is 2.20. The summed E-state index contributed by atoms with van der Waals surface area (Å²) in [5.41, 5.74) is 1.96. The summed E-state index contributed by atoms with van der Waals surface area (Å²) >= 11 is 0. The third-order valence-corrected chi connectivity index (χ3v) is 4.84. The molecule has 0 saturated heterocycles. The van der Waals surface area contributed by atoms with E-state index >= 15 is 0 Å². The quantitative estimate of drug-likeness (QED) is 0.775. The van der Waals surface area contributed by atoms with Crippen molar-refractivity contribution in [3.63, 3.8) is 0 Å². The molecule has 1 aromatic carbocycles. The second-order valence-electron chi connectivity index (χ2n) is 6.05. The highest BCUT2D eigenvalue weighted by molar-refractivity contribution is 7.89. The van der Waals surface area contributed by atoms with Crippen molar-refractivity contribution in [2.75, 3.05) is 11.9 Å².